The number of nitrogen functional groups attached to an aromatic ring is 1. The number of benzene rings is 1. The van der Waals surface area contributed by atoms with Crippen molar-refractivity contribution in [3.05, 3.63) is 18.2 Å². The molecule has 112 valence electrons. The monoisotopic (exact) mass is 294 g/mol. The van der Waals surface area contributed by atoms with Gasteiger partial charge in [-0.25, -0.2) is 0 Å². The first-order valence-corrected chi connectivity index (χ1v) is 8.69. The number of anilines is 2. The van der Waals surface area contributed by atoms with Crippen molar-refractivity contribution in [1.29, 1.82) is 0 Å². The van der Waals surface area contributed by atoms with Crippen LogP contribution in [0.4, 0.5) is 11.4 Å². The Hall–Kier alpha value is -1.03. The summed E-state index contributed by atoms with van der Waals surface area (Å²) in [6.45, 7) is 5.08. The van der Waals surface area contributed by atoms with Gasteiger partial charge in [0, 0.05) is 34.8 Å². The third-order valence-corrected chi connectivity index (χ3v) is 4.91. The van der Waals surface area contributed by atoms with Gasteiger partial charge in [0.1, 0.15) is 5.75 Å². The van der Waals surface area contributed by atoms with Crippen LogP contribution in [-0.4, -0.2) is 23.7 Å². The minimum atomic E-state index is 0.556. The maximum Gasteiger partial charge on any atom is 0.123 e. The van der Waals surface area contributed by atoms with E-state index in [9.17, 15) is 0 Å². The van der Waals surface area contributed by atoms with Crippen molar-refractivity contribution >= 4 is 23.1 Å². The molecule has 1 aromatic rings. The lowest BCUT2D eigenvalue weighted by molar-refractivity contribution is 0.318. The number of rotatable bonds is 7. The Labute approximate surface area is 126 Å². The second-order valence-electron chi connectivity index (χ2n) is 5.31. The summed E-state index contributed by atoms with van der Waals surface area (Å²) in [6.07, 6.45) is 4.89. The SMILES string of the molecule is CCCOc1cc(N)cc(NC2CCCC2SCC)c1. The summed E-state index contributed by atoms with van der Waals surface area (Å²) in [5.74, 6) is 2.05. The van der Waals surface area contributed by atoms with E-state index in [1.807, 2.05) is 12.1 Å². The summed E-state index contributed by atoms with van der Waals surface area (Å²) in [4.78, 5) is 0. The molecule has 0 heterocycles. The minimum absolute atomic E-state index is 0.556. The lowest BCUT2D eigenvalue weighted by Crippen LogP contribution is -2.26. The van der Waals surface area contributed by atoms with Crippen LogP contribution < -0.4 is 15.8 Å². The topological polar surface area (TPSA) is 47.3 Å². The van der Waals surface area contributed by atoms with Crippen molar-refractivity contribution < 1.29 is 4.74 Å². The summed E-state index contributed by atoms with van der Waals surface area (Å²) in [7, 11) is 0. The lowest BCUT2D eigenvalue weighted by atomic mass is 10.2. The van der Waals surface area contributed by atoms with Crippen LogP contribution in [-0.2, 0) is 0 Å². The van der Waals surface area contributed by atoms with E-state index in [-0.39, 0.29) is 0 Å². The molecule has 0 spiro atoms. The first-order valence-electron chi connectivity index (χ1n) is 7.64. The number of nitrogens with two attached hydrogens (primary N) is 1. The van der Waals surface area contributed by atoms with E-state index < -0.39 is 0 Å². The van der Waals surface area contributed by atoms with Crippen molar-refractivity contribution in [2.45, 2.75) is 50.8 Å². The molecule has 0 bridgehead atoms. The van der Waals surface area contributed by atoms with Gasteiger partial charge in [-0.2, -0.15) is 11.8 Å². The number of hydrogen-bond acceptors (Lipinski definition) is 4. The van der Waals surface area contributed by atoms with Gasteiger partial charge in [-0.15, -0.1) is 0 Å². The Kier molecular flexibility index (Phi) is 5.89. The highest BCUT2D eigenvalue weighted by Crippen LogP contribution is 2.33. The second-order valence-corrected chi connectivity index (χ2v) is 6.83. The Morgan fingerprint density at radius 1 is 1.30 bits per heavy atom. The summed E-state index contributed by atoms with van der Waals surface area (Å²) < 4.78 is 5.69. The molecular formula is C16H26N2OS. The molecule has 0 saturated heterocycles. The average molecular weight is 294 g/mol. The fourth-order valence-electron chi connectivity index (χ4n) is 2.73. The van der Waals surface area contributed by atoms with Gasteiger partial charge in [0.2, 0.25) is 0 Å². The van der Waals surface area contributed by atoms with Gasteiger partial charge < -0.3 is 15.8 Å². The van der Waals surface area contributed by atoms with E-state index in [2.05, 4.69) is 37.0 Å². The second kappa shape index (κ2) is 7.67. The third-order valence-electron chi connectivity index (χ3n) is 3.59. The van der Waals surface area contributed by atoms with Gasteiger partial charge in [-0.05, 0) is 31.1 Å². The smallest absolute Gasteiger partial charge is 0.123 e. The van der Waals surface area contributed by atoms with E-state index in [4.69, 9.17) is 10.5 Å². The van der Waals surface area contributed by atoms with Gasteiger partial charge >= 0.3 is 0 Å². The van der Waals surface area contributed by atoms with Gasteiger partial charge in [0.25, 0.3) is 0 Å². The van der Waals surface area contributed by atoms with E-state index in [1.54, 1.807) is 0 Å². The quantitative estimate of drug-likeness (QED) is 0.742. The van der Waals surface area contributed by atoms with Gasteiger partial charge in [0.05, 0.1) is 6.61 Å². The van der Waals surface area contributed by atoms with Crippen molar-refractivity contribution in [3.8, 4) is 5.75 Å². The van der Waals surface area contributed by atoms with E-state index in [1.165, 1.54) is 25.0 Å². The largest absolute Gasteiger partial charge is 0.493 e. The predicted octanol–water partition coefficient (Wildman–Crippen LogP) is 4.14. The molecule has 1 aliphatic rings. The molecule has 0 aliphatic heterocycles. The molecule has 4 heteroatoms. The van der Waals surface area contributed by atoms with Crippen molar-refractivity contribution in [2.24, 2.45) is 0 Å². The molecule has 0 aromatic heterocycles. The molecule has 0 amide bonds. The maximum absolute atomic E-state index is 5.97. The van der Waals surface area contributed by atoms with Crippen LogP contribution in [0.25, 0.3) is 0 Å². The lowest BCUT2D eigenvalue weighted by Gasteiger charge is -2.22. The standard InChI is InChI=1S/C16H26N2OS/c1-3-8-19-14-10-12(17)9-13(11-14)18-15-6-5-7-16(15)20-4-2/h9-11,15-16,18H,3-8,17H2,1-2H3. The van der Waals surface area contributed by atoms with Crippen LogP contribution in [0.5, 0.6) is 5.75 Å². The highest BCUT2D eigenvalue weighted by molar-refractivity contribution is 7.99. The number of hydrogen-bond donors (Lipinski definition) is 2. The fourth-order valence-corrected chi connectivity index (χ4v) is 3.93. The summed E-state index contributed by atoms with van der Waals surface area (Å²) in [5.41, 5.74) is 7.82. The fraction of sp³-hybridized carbons (Fsp3) is 0.625. The molecule has 3 nitrogen and oxygen atoms in total. The molecule has 1 aromatic carbocycles. The van der Waals surface area contributed by atoms with Crippen LogP contribution in [0, 0.1) is 0 Å². The number of thioether (sulfide) groups is 1. The molecule has 20 heavy (non-hydrogen) atoms. The number of nitrogens with one attached hydrogen (secondary N) is 1. The zero-order valence-corrected chi connectivity index (χ0v) is 13.3. The molecule has 0 radical (unpaired) electrons. The highest BCUT2D eigenvalue weighted by atomic mass is 32.2. The average Bonchev–Trinajstić information content (AvgIpc) is 2.84. The van der Waals surface area contributed by atoms with E-state index >= 15 is 0 Å². The Balaban J connectivity index is 2.02. The Morgan fingerprint density at radius 3 is 2.90 bits per heavy atom. The molecule has 2 atom stereocenters. The first kappa shape index (κ1) is 15.4. The summed E-state index contributed by atoms with van der Waals surface area (Å²) in [5, 5.41) is 4.38. The third kappa shape index (κ3) is 4.23. The van der Waals surface area contributed by atoms with E-state index in [0.717, 1.165) is 35.4 Å². The summed E-state index contributed by atoms with van der Waals surface area (Å²) >= 11 is 2.06. The molecule has 1 aliphatic carbocycles. The zero-order chi connectivity index (χ0) is 14.4. The van der Waals surface area contributed by atoms with Gasteiger partial charge in [0.15, 0.2) is 0 Å². The van der Waals surface area contributed by atoms with Crippen molar-refractivity contribution in [1.82, 2.24) is 0 Å². The number of ether oxygens (including phenoxy) is 1. The van der Waals surface area contributed by atoms with Crippen LogP contribution >= 0.6 is 11.8 Å². The van der Waals surface area contributed by atoms with E-state index in [0.29, 0.717) is 6.04 Å². The molecule has 2 rings (SSSR count). The molecule has 2 unspecified atom stereocenters. The molecule has 1 fully saturated rings. The molecule has 1 saturated carbocycles. The Morgan fingerprint density at radius 2 is 2.15 bits per heavy atom. The molecule has 3 N–H and O–H groups in total. The summed E-state index contributed by atoms with van der Waals surface area (Å²) in [6, 6.07) is 6.53. The van der Waals surface area contributed by atoms with Crippen molar-refractivity contribution in [2.75, 3.05) is 23.4 Å². The highest BCUT2D eigenvalue weighted by Gasteiger charge is 2.27. The zero-order valence-electron chi connectivity index (χ0n) is 12.5. The predicted molar refractivity (Wildman–Crippen MR) is 89.8 cm³/mol. The van der Waals surface area contributed by atoms with Crippen LogP contribution in [0.2, 0.25) is 0 Å². The van der Waals surface area contributed by atoms with Crippen LogP contribution in [0.1, 0.15) is 39.5 Å². The van der Waals surface area contributed by atoms with Crippen molar-refractivity contribution in [3.63, 3.8) is 0 Å². The van der Waals surface area contributed by atoms with Crippen LogP contribution in [0.15, 0.2) is 18.2 Å². The first-order chi connectivity index (χ1) is 9.72. The maximum atomic E-state index is 5.97. The molecular weight excluding hydrogens is 268 g/mol. The minimum Gasteiger partial charge on any atom is -0.493 e. The van der Waals surface area contributed by atoms with Gasteiger partial charge in [-0.3, -0.25) is 0 Å². The van der Waals surface area contributed by atoms with Gasteiger partial charge in [-0.1, -0.05) is 20.3 Å². The normalized spacial score (nSPS) is 21.9. The van der Waals surface area contributed by atoms with Crippen LogP contribution in [0.3, 0.4) is 0 Å². The Bertz CT molecular complexity index is 425.